The summed E-state index contributed by atoms with van der Waals surface area (Å²) in [7, 11) is 0. The second-order valence-electron chi connectivity index (χ2n) is 6.55. The Balaban J connectivity index is 1.63. The van der Waals surface area contributed by atoms with Crippen LogP contribution in [0, 0.1) is 6.92 Å². The van der Waals surface area contributed by atoms with Gasteiger partial charge in [0, 0.05) is 35.0 Å². The van der Waals surface area contributed by atoms with Crippen molar-refractivity contribution in [1.29, 1.82) is 0 Å². The van der Waals surface area contributed by atoms with Gasteiger partial charge in [0.2, 0.25) is 5.43 Å². The number of anilines is 1. The molecule has 0 aliphatic carbocycles. The first-order valence-electron chi connectivity index (χ1n) is 9.09. The SMILES string of the molecule is Cc1cc(=O)c(C(=O)Nc2ccc3c(c2)OCCCO3)nn1-c1ccc(Cl)cc1. The molecule has 0 saturated heterocycles. The molecule has 0 radical (unpaired) electrons. The Hall–Kier alpha value is -3.32. The van der Waals surface area contributed by atoms with Crippen LogP contribution in [0.25, 0.3) is 5.69 Å². The molecule has 0 saturated carbocycles. The van der Waals surface area contributed by atoms with Crippen LogP contribution in [0.15, 0.2) is 53.3 Å². The number of fused-ring (bicyclic) bond motifs is 1. The van der Waals surface area contributed by atoms with Gasteiger partial charge in [0.15, 0.2) is 17.2 Å². The summed E-state index contributed by atoms with van der Waals surface area (Å²) >= 11 is 5.93. The number of ether oxygens (including phenoxy) is 2. The zero-order chi connectivity index (χ0) is 20.4. The van der Waals surface area contributed by atoms with Gasteiger partial charge in [-0.05, 0) is 43.3 Å². The van der Waals surface area contributed by atoms with Crippen molar-refractivity contribution in [2.45, 2.75) is 13.3 Å². The third-order valence-electron chi connectivity index (χ3n) is 4.40. The van der Waals surface area contributed by atoms with Crippen molar-refractivity contribution in [1.82, 2.24) is 9.78 Å². The molecule has 1 amide bonds. The van der Waals surface area contributed by atoms with Gasteiger partial charge < -0.3 is 14.8 Å². The van der Waals surface area contributed by atoms with E-state index in [-0.39, 0.29) is 5.69 Å². The van der Waals surface area contributed by atoms with Gasteiger partial charge in [-0.1, -0.05) is 11.6 Å². The third-order valence-corrected chi connectivity index (χ3v) is 4.65. The lowest BCUT2D eigenvalue weighted by Crippen LogP contribution is -2.26. The zero-order valence-corrected chi connectivity index (χ0v) is 16.4. The highest BCUT2D eigenvalue weighted by Gasteiger charge is 2.17. The minimum Gasteiger partial charge on any atom is -0.490 e. The topological polar surface area (TPSA) is 82.5 Å². The molecule has 1 aliphatic heterocycles. The first-order chi connectivity index (χ1) is 14.0. The van der Waals surface area contributed by atoms with Crippen molar-refractivity contribution in [3.63, 3.8) is 0 Å². The van der Waals surface area contributed by atoms with E-state index in [0.29, 0.717) is 46.8 Å². The number of hydrogen-bond donors (Lipinski definition) is 1. The number of nitrogens with one attached hydrogen (secondary N) is 1. The van der Waals surface area contributed by atoms with E-state index in [4.69, 9.17) is 21.1 Å². The van der Waals surface area contributed by atoms with Gasteiger partial charge in [-0.15, -0.1) is 0 Å². The molecule has 0 fully saturated rings. The maximum atomic E-state index is 12.7. The van der Waals surface area contributed by atoms with Crippen molar-refractivity contribution in [2.75, 3.05) is 18.5 Å². The highest BCUT2D eigenvalue weighted by atomic mass is 35.5. The second kappa shape index (κ2) is 7.97. The van der Waals surface area contributed by atoms with Crippen LogP contribution in [-0.4, -0.2) is 28.9 Å². The smallest absolute Gasteiger partial charge is 0.280 e. The Bertz CT molecular complexity index is 1130. The molecule has 148 valence electrons. The molecule has 7 nitrogen and oxygen atoms in total. The quantitative estimate of drug-likeness (QED) is 0.712. The first kappa shape index (κ1) is 19.0. The Morgan fingerprint density at radius 3 is 2.55 bits per heavy atom. The molecule has 0 unspecified atom stereocenters. The molecular formula is C21H18ClN3O4. The molecule has 4 rings (SSSR count). The zero-order valence-electron chi connectivity index (χ0n) is 15.6. The van der Waals surface area contributed by atoms with E-state index < -0.39 is 11.3 Å². The fourth-order valence-corrected chi connectivity index (χ4v) is 3.11. The van der Waals surface area contributed by atoms with Crippen molar-refractivity contribution < 1.29 is 14.3 Å². The second-order valence-corrected chi connectivity index (χ2v) is 6.99. The van der Waals surface area contributed by atoms with E-state index in [9.17, 15) is 9.59 Å². The maximum absolute atomic E-state index is 12.7. The number of hydrogen-bond acceptors (Lipinski definition) is 5. The number of nitrogens with zero attached hydrogens (tertiary/aromatic N) is 2. The third kappa shape index (κ3) is 4.09. The largest absolute Gasteiger partial charge is 0.490 e. The van der Waals surface area contributed by atoms with Gasteiger partial charge in [0.1, 0.15) is 0 Å². The van der Waals surface area contributed by atoms with Gasteiger partial charge >= 0.3 is 0 Å². The lowest BCUT2D eigenvalue weighted by Gasteiger charge is -2.12. The minimum atomic E-state index is -0.604. The summed E-state index contributed by atoms with van der Waals surface area (Å²) in [5, 5.41) is 7.55. The standard InChI is InChI=1S/C21H18ClN3O4/c1-13-11-17(26)20(24-25(13)16-6-3-14(22)4-7-16)21(27)23-15-5-8-18-19(12-15)29-10-2-9-28-18/h3-8,11-12H,2,9-10H2,1H3,(H,23,27). The number of carbonyl (C=O) groups excluding carboxylic acids is 1. The summed E-state index contributed by atoms with van der Waals surface area (Å²) in [6.45, 7) is 2.86. The Kier molecular flexibility index (Phi) is 5.22. The summed E-state index contributed by atoms with van der Waals surface area (Å²) < 4.78 is 12.7. The number of aryl methyl sites for hydroxylation is 1. The van der Waals surface area contributed by atoms with Crippen LogP contribution < -0.4 is 20.2 Å². The average molecular weight is 412 g/mol. The number of carbonyl (C=O) groups is 1. The Morgan fingerprint density at radius 1 is 1.07 bits per heavy atom. The van der Waals surface area contributed by atoms with Crippen LogP contribution in [0.4, 0.5) is 5.69 Å². The van der Waals surface area contributed by atoms with Crippen LogP contribution in [0.2, 0.25) is 5.02 Å². The molecule has 0 spiro atoms. The van der Waals surface area contributed by atoms with Crippen LogP contribution >= 0.6 is 11.6 Å². The number of amides is 1. The van der Waals surface area contributed by atoms with Gasteiger partial charge in [-0.25, -0.2) is 4.68 Å². The van der Waals surface area contributed by atoms with Crippen molar-refractivity contribution in [3.05, 3.63) is 75.2 Å². The van der Waals surface area contributed by atoms with Crippen LogP contribution in [0.3, 0.4) is 0 Å². The maximum Gasteiger partial charge on any atom is 0.280 e. The van der Waals surface area contributed by atoms with E-state index in [1.807, 2.05) is 0 Å². The number of rotatable bonds is 3. The molecule has 1 N–H and O–H groups in total. The summed E-state index contributed by atoms with van der Waals surface area (Å²) in [6, 6.07) is 13.4. The summed E-state index contributed by atoms with van der Waals surface area (Å²) in [6.07, 6.45) is 0.786. The van der Waals surface area contributed by atoms with E-state index in [2.05, 4.69) is 10.4 Å². The van der Waals surface area contributed by atoms with Crippen molar-refractivity contribution in [3.8, 4) is 17.2 Å². The number of halogens is 1. The van der Waals surface area contributed by atoms with Gasteiger partial charge in [0.25, 0.3) is 5.91 Å². The minimum absolute atomic E-state index is 0.210. The molecule has 0 atom stereocenters. The van der Waals surface area contributed by atoms with E-state index >= 15 is 0 Å². The normalized spacial score (nSPS) is 12.9. The molecular weight excluding hydrogens is 394 g/mol. The highest BCUT2D eigenvalue weighted by molar-refractivity contribution is 6.30. The molecule has 0 bridgehead atoms. The molecule has 3 aromatic rings. The molecule has 2 heterocycles. The summed E-state index contributed by atoms with van der Waals surface area (Å²) in [5.74, 6) is 0.571. The number of benzene rings is 2. The first-order valence-corrected chi connectivity index (χ1v) is 9.47. The van der Waals surface area contributed by atoms with Crippen LogP contribution in [0.5, 0.6) is 11.5 Å². The van der Waals surface area contributed by atoms with E-state index in [0.717, 1.165) is 6.42 Å². The predicted octanol–water partition coefficient (Wildman–Crippen LogP) is 3.61. The molecule has 1 aromatic heterocycles. The number of aromatic nitrogens is 2. The fraction of sp³-hybridized carbons (Fsp3) is 0.190. The summed E-state index contributed by atoms with van der Waals surface area (Å²) in [5.41, 5.74) is 1.11. The molecule has 29 heavy (non-hydrogen) atoms. The summed E-state index contributed by atoms with van der Waals surface area (Å²) in [4.78, 5) is 25.1. The molecule has 8 heteroatoms. The molecule has 1 aliphatic rings. The molecule has 2 aromatic carbocycles. The van der Waals surface area contributed by atoms with Gasteiger partial charge in [-0.2, -0.15) is 5.10 Å². The van der Waals surface area contributed by atoms with Crippen LogP contribution in [-0.2, 0) is 0 Å². The predicted molar refractivity (Wildman–Crippen MR) is 110 cm³/mol. The van der Waals surface area contributed by atoms with Crippen molar-refractivity contribution >= 4 is 23.2 Å². The van der Waals surface area contributed by atoms with Gasteiger partial charge in [0.05, 0.1) is 18.9 Å². The van der Waals surface area contributed by atoms with E-state index in [1.165, 1.54) is 10.7 Å². The average Bonchev–Trinajstić information content (AvgIpc) is 2.94. The Morgan fingerprint density at radius 2 is 1.79 bits per heavy atom. The monoisotopic (exact) mass is 411 g/mol. The van der Waals surface area contributed by atoms with E-state index in [1.54, 1.807) is 49.4 Å². The lowest BCUT2D eigenvalue weighted by molar-refractivity contribution is 0.101. The van der Waals surface area contributed by atoms with Crippen molar-refractivity contribution in [2.24, 2.45) is 0 Å². The van der Waals surface area contributed by atoms with Crippen LogP contribution in [0.1, 0.15) is 22.6 Å². The highest BCUT2D eigenvalue weighted by Crippen LogP contribution is 2.32. The lowest BCUT2D eigenvalue weighted by atomic mass is 10.2. The Labute approximate surface area is 171 Å². The fourth-order valence-electron chi connectivity index (χ4n) is 2.98. The van der Waals surface area contributed by atoms with Gasteiger partial charge in [-0.3, -0.25) is 9.59 Å².